The largest absolute Gasteiger partial charge is 0.292 e. The van der Waals surface area contributed by atoms with Gasteiger partial charge in [0.25, 0.3) is 5.91 Å². The number of benzene rings is 1. The number of hydrogen-bond donors (Lipinski definition) is 1. The zero-order valence-electron chi connectivity index (χ0n) is 6.63. The van der Waals surface area contributed by atoms with Crippen LogP contribution in [-0.4, -0.2) is 11.8 Å². The lowest BCUT2D eigenvalue weighted by atomic mass is 10.00. The van der Waals surface area contributed by atoms with Crippen molar-refractivity contribution in [3.05, 3.63) is 35.1 Å². The van der Waals surface area contributed by atoms with Crippen molar-refractivity contribution in [3.8, 4) is 0 Å². The average Bonchev–Trinajstić information content (AvgIpc) is 2.06. The monoisotopic (exact) mass is 179 g/mol. The molecule has 0 unspecified atom stereocenters. The van der Waals surface area contributed by atoms with Crippen LogP contribution in [0.4, 0.5) is 4.39 Å². The van der Waals surface area contributed by atoms with Crippen molar-refractivity contribution in [3.63, 3.8) is 0 Å². The summed E-state index contributed by atoms with van der Waals surface area (Å²) in [5.74, 6) is -1.34. The summed E-state index contributed by atoms with van der Waals surface area (Å²) in [5.41, 5.74) is 0.828. The smallest absolute Gasteiger partial charge is 0.258 e. The van der Waals surface area contributed by atoms with Gasteiger partial charge in [0.2, 0.25) is 5.91 Å². The Morgan fingerprint density at radius 2 is 2.08 bits per heavy atom. The summed E-state index contributed by atoms with van der Waals surface area (Å²) in [6.07, 6.45) is 0.140. The van der Waals surface area contributed by atoms with Crippen molar-refractivity contribution >= 4 is 11.8 Å². The maximum Gasteiger partial charge on any atom is 0.258 e. The van der Waals surface area contributed by atoms with Crippen molar-refractivity contribution in [2.24, 2.45) is 0 Å². The molecule has 0 spiro atoms. The minimum atomic E-state index is -0.522. The first-order valence-corrected chi connectivity index (χ1v) is 3.79. The molecule has 1 aliphatic heterocycles. The molecule has 3 nitrogen and oxygen atoms in total. The van der Waals surface area contributed by atoms with Crippen molar-refractivity contribution in [2.75, 3.05) is 0 Å². The minimum absolute atomic E-state index is 0.140. The van der Waals surface area contributed by atoms with Gasteiger partial charge in [-0.05, 0) is 17.7 Å². The highest BCUT2D eigenvalue weighted by Gasteiger charge is 2.22. The predicted octanol–water partition coefficient (Wildman–Crippen LogP) is 0.638. The Kier molecular flexibility index (Phi) is 1.62. The van der Waals surface area contributed by atoms with Gasteiger partial charge < -0.3 is 0 Å². The molecule has 66 valence electrons. The van der Waals surface area contributed by atoms with Gasteiger partial charge in [-0.15, -0.1) is 0 Å². The van der Waals surface area contributed by atoms with E-state index in [1.807, 2.05) is 0 Å². The highest BCUT2D eigenvalue weighted by Crippen LogP contribution is 2.15. The van der Waals surface area contributed by atoms with Gasteiger partial charge in [-0.3, -0.25) is 14.9 Å². The van der Waals surface area contributed by atoms with E-state index in [2.05, 4.69) is 5.32 Å². The van der Waals surface area contributed by atoms with Gasteiger partial charge in [0, 0.05) is 5.56 Å². The van der Waals surface area contributed by atoms with E-state index in [4.69, 9.17) is 0 Å². The highest BCUT2D eigenvalue weighted by atomic mass is 19.1. The third-order valence-electron chi connectivity index (χ3n) is 1.92. The van der Waals surface area contributed by atoms with Crippen LogP contribution in [0.3, 0.4) is 0 Å². The van der Waals surface area contributed by atoms with Gasteiger partial charge in [-0.25, -0.2) is 4.39 Å². The van der Waals surface area contributed by atoms with Crippen LogP contribution >= 0.6 is 0 Å². The van der Waals surface area contributed by atoms with Crippen LogP contribution in [0.1, 0.15) is 15.9 Å². The van der Waals surface area contributed by atoms with Crippen LogP contribution in [0.25, 0.3) is 0 Å². The van der Waals surface area contributed by atoms with Crippen molar-refractivity contribution in [2.45, 2.75) is 6.42 Å². The first-order chi connectivity index (χ1) is 6.16. The third-order valence-corrected chi connectivity index (χ3v) is 1.92. The number of fused-ring (bicyclic) bond motifs is 1. The molecule has 2 amide bonds. The van der Waals surface area contributed by atoms with E-state index < -0.39 is 11.7 Å². The van der Waals surface area contributed by atoms with E-state index >= 15 is 0 Å². The Bertz CT molecular complexity index is 401. The van der Waals surface area contributed by atoms with E-state index in [9.17, 15) is 14.0 Å². The number of rotatable bonds is 0. The van der Waals surface area contributed by atoms with E-state index in [0.717, 1.165) is 6.07 Å². The molecule has 4 heteroatoms. The van der Waals surface area contributed by atoms with E-state index in [-0.39, 0.29) is 17.9 Å². The lowest BCUT2D eigenvalue weighted by Gasteiger charge is -2.14. The molecule has 0 bridgehead atoms. The Morgan fingerprint density at radius 1 is 1.31 bits per heavy atom. The molecule has 1 heterocycles. The zero-order valence-corrected chi connectivity index (χ0v) is 6.63. The first-order valence-electron chi connectivity index (χ1n) is 3.79. The standard InChI is InChI=1S/C9H6FNO2/c10-6-2-1-5-3-8(12)11-9(13)7(5)4-6/h1-2,4H,3H2,(H,11,12,13). The molecule has 13 heavy (non-hydrogen) atoms. The number of hydrogen-bond acceptors (Lipinski definition) is 2. The van der Waals surface area contributed by atoms with E-state index in [1.165, 1.54) is 12.1 Å². The number of carbonyl (C=O) groups excluding carboxylic acids is 2. The second kappa shape index (κ2) is 2.65. The fourth-order valence-electron chi connectivity index (χ4n) is 1.33. The van der Waals surface area contributed by atoms with Crippen LogP contribution < -0.4 is 5.32 Å². The van der Waals surface area contributed by atoms with Crippen molar-refractivity contribution in [1.29, 1.82) is 0 Å². The van der Waals surface area contributed by atoms with Crippen LogP contribution in [0.2, 0.25) is 0 Å². The molecule has 0 aromatic heterocycles. The molecule has 1 aromatic carbocycles. The predicted molar refractivity (Wildman–Crippen MR) is 42.6 cm³/mol. The van der Waals surface area contributed by atoms with Crippen LogP contribution in [0.15, 0.2) is 18.2 Å². The summed E-state index contributed by atoms with van der Waals surface area (Å²) in [6.45, 7) is 0. The van der Waals surface area contributed by atoms with Crippen molar-refractivity contribution in [1.82, 2.24) is 5.32 Å². The third kappa shape index (κ3) is 1.30. The second-order valence-corrected chi connectivity index (χ2v) is 2.86. The Labute approximate surface area is 73.6 Å². The van der Waals surface area contributed by atoms with Crippen LogP contribution in [-0.2, 0) is 11.2 Å². The molecular weight excluding hydrogens is 173 g/mol. The maximum atomic E-state index is 12.7. The van der Waals surface area contributed by atoms with Crippen LogP contribution in [0.5, 0.6) is 0 Å². The molecule has 2 rings (SSSR count). The van der Waals surface area contributed by atoms with Crippen molar-refractivity contribution < 1.29 is 14.0 Å². The van der Waals surface area contributed by atoms with Gasteiger partial charge in [-0.1, -0.05) is 6.07 Å². The Morgan fingerprint density at radius 3 is 2.85 bits per heavy atom. The molecule has 0 saturated carbocycles. The Balaban J connectivity index is 2.55. The SMILES string of the molecule is O=C1Cc2ccc(F)cc2C(=O)N1. The number of halogens is 1. The number of imide groups is 1. The van der Waals surface area contributed by atoms with Gasteiger partial charge >= 0.3 is 0 Å². The van der Waals surface area contributed by atoms with E-state index in [1.54, 1.807) is 0 Å². The number of carbonyl (C=O) groups is 2. The van der Waals surface area contributed by atoms with Crippen LogP contribution in [0, 0.1) is 5.82 Å². The lowest BCUT2D eigenvalue weighted by molar-refractivity contribution is -0.119. The van der Waals surface area contributed by atoms with E-state index in [0.29, 0.717) is 5.56 Å². The average molecular weight is 179 g/mol. The van der Waals surface area contributed by atoms with Gasteiger partial charge in [-0.2, -0.15) is 0 Å². The molecule has 0 fully saturated rings. The summed E-state index contributed by atoms with van der Waals surface area (Å²) in [6, 6.07) is 3.84. The zero-order chi connectivity index (χ0) is 9.42. The number of amides is 2. The molecule has 0 atom stereocenters. The summed E-state index contributed by atoms with van der Waals surface area (Å²) >= 11 is 0. The minimum Gasteiger partial charge on any atom is -0.292 e. The maximum absolute atomic E-state index is 12.7. The summed E-state index contributed by atoms with van der Waals surface area (Å²) in [7, 11) is 0. The molecule has 0 radical (unpaired) electrons. The lowest BCUT2D eigenvalue weighted by Crippen LogP contribution is -2.37. The fourth-order valence-corrected chi connectivity index (χ4v) is 1.33. The Hall–Kier alpha value is -1.71. The van der Waals surface area contributed by atoms with Gasteiger partial charge in [0.15, 0.2) is 0 Å². The summed E-state index contributed by atoms with van der Waals surface area (Å²) < 4.78 is 12.7. The molecule has 0 aliphatic carbocycles. The quantitative estimate of drug-likeness (QED) is 0.594. The fraction of sp³-hybridized carbons (Fsp3) is 0.111. The molecular formula is C9H6FNO2. The van der Waals surface area contributed by atoms with Gasteiger partial charge in [0.1, 0.15) is 5.82 Å². The number of nitrogens with one attached hydrogen (secondary N) is 1. The van der Waals surface area contributed by atoms with Gasteiger partial charge in [0.05, 0.1) is 6.42 Å². The molecule has 1 aliphatic rings. The molecule has 0 saturated heterocycles. The summed E-state index contributed by atoms with van der Waals surface area (Å²) in [4.78, 5) is 22.0. The molecule has 1 N–H and O–H groups in total. The highest BCUT2D eigenvalue weighted by molar-refractivity contribution is 6.09. The first kappa shape index (κ1) is 7.91. The normalized spacial score (nSPS) is 15.2. The topological polar surface area (TPSA) is 46.2 Å². The second-order valence-electron chi connectivity index (χ2n) is 2.86. The molecule has 1 aromatic rings. The summed E-state index contributed by atoms with van der Waals surface area (Å²) in [5, 5.41) is 2.12.